The van der Waals surface area contributed by atoms with Crippen molar-refractivity contribution in [2.45, 2.75) is 6.92 Å². The number of thiophene rings is 1. The quantitative estimate of drug-likeness (QED) is 0.516. The van der Waals surface area contributed by atoms with Gasteiger partial charge in [-0.15, -0.1) is 11.3 Å². The minimum absolute atomic E-state index is 0.517. The predicted octanol–water partition coefficient (Wildman–Crippen LogP) is 4.37. The molecule has 2 aromatic rings. The molecule has 20 heavy (non-hydrogen) atoms. The molecule has 2 rings (SSSR count). The lowest BCUT2D eigenvalue weighted by atomic mass is 10.2. The summed E-state index contributed by atoms with van der Waals surface area (Å²) in [6.45, 7) is 1.95. The van der Waals surface area contributed by atoms with Gasteiger partial charge in [-0.2, -0.15) is 5.10 Å². The van der Waals surface area contributed by atoms with Crippen LogP contribution in [0.15, 0.2) is 40.8 Å². The van der Waals surface area contributed by atoms with Crippen LogP contribution in [0.1, 0.15) is 10.4 Å². The number of hydrogen-bond donors (Lipinski definition) is 1. The summed E-state index contributed by atoms with van der Waals surface area (Å²) < 4.78 is 0. The number of nitrogens with zero attached hydrogens (tertiary/aromatic N) is 2. The number of anilines is 1. The second-order valence-electron chi connectivity index (χ2n) is 4.13. The molecule has 0 unspecified atom stereocenters. The van der Waals surface area contributed by atoms with Gasteiger partial charge >= 0.3 is 0 Å². The van der Waals surface area contributed by atoms with Crippen molar-refractivity contribution in [1.82, 2.24) is 5.01 Å². The summed E-state index contributed by atoms with van der Waals surface area (Å²) in [6.07, 6.45) is 1.78. The van der Waals surface area contributed by atoms with E-state index in [-0.39, 0.29) is 0 Å². The van der Waals surface area contributed by atoms with E-state index in [4.69, 9.17) is 23.8 Å². The van der Waals surface area contributed by atoms with E-state index in [0.29, 0.717) is 10.1 Å². The van der Waals surface area contributed by atoms with E-state index >= 15 is 0 Å². The Balaban J connectivity index is 2.02. The van der Waals surface area contributed by atoms with E-state index in [1.165, 1.54) is 0 Å². The van der Waals surface area contributed by atoms with Gasteiger partial charge in [0.2, 0.25) is 0 Å². The molecule has 0 aliphatic carbocycles. The molecule has 0 spiro atoms. The third kappa shape index (κ3) is 3.79. The molecule has 1 N–H and O–H groups in total. The molecule has 0 saturated heterocycles. The molecule has 6 heteroatoms. The Kier molecular flexibility index (Phi) is 5.11. The number of rotatable bonds is 3. The van der Waals surface area contributed by atoms with Gasteiger partial charge < -0.3 is 5.32 Å². The van der Waals surface area contributed by atoms with Crippen molar-refractivity contribution in [1.29, 1.82) is 0 Å². The Bertz CT molecular complexity index is 623. The van der Waals surface area contributed by atoms with Crippen molar-refractivity contribution >= 4 is 52.2 Å². The fourth-order valence-electron chi connectivity index (χ4n) is 1.50. The lowest BCUT2D eigenvalue weighted by molar-refractivity contribution is 0.557. The number of benzene rings is 1. The first-order valence-corrected chi connectivity index (χ1v) is 7.62. The summed E-state index contributed by atoms with van der Waals surface area (Å²) in [7, 11) is 1.80. The fraction of sp³-hybridized carbons (Fsp3) is 0.143. The molecule has 0 amide bonds. The zero-order valence-electron chi connectivity index (χ0n) is 11.1. The van der Waals surface area contributed by atoms with Crippen LogP contribution in [0.4, 0.5) is 5.69 Å². The van der Waals surface area contributed by atoms with E-state index in [1.807, 2.05) is 42.6 Å². The number of thiocarbonyl (C=S) groups is 1. The molecule has 0 aliphatic rings. The number of nitrogens with one attached hydrogen (secondary N) is 1. The first-order chi connectivity index (χ1) is 9.58. The van der Waals surface area contributed by atoms with Crippen molar-refractivity contribution in [2.24, 2.45) is 5.10 Å². The van der Waals surface area contributed by atoms with Crippen molar-refractivity contribution in [3.8, 4) is 0 Å². The smallest absolute Gasteiger partial charge is 0.193 e. The third-order valence-corrected chi connectivity index (χ3v) is 4.29. The van der Waals surface area contributed by atoms with Gasteiger partial charge in [0.15, 0.2) is 5.11 Å². The minimum atomic E-state index is 0.517. The highest BCUT2D eigenvalue weighted by Crippen LogP contribution is 2.23. The average molecular weight is 324 g/mol. The lowest BCUT2D eigenvalue weighted by Gasteiger charge is -2.17. The lowest BCUT2D eigenvalue weighted by Crippen LogP contribution is -2.27. The summed E-state index contributed by atoms with van der Waals surface area (Å²) in [5, 5.41) is 12.3. The van der Waals surface area contributed by atoms with Crippen LogP contribution < -0.4 is 5.32 Å². The Morgan fingerprint density at radius 2 is 2.20 bits per heavy atom. The Labute approximate surface area is 132 Å². The normalized spacial score (nSPS) is 10.8. The molecule has 1 aromatic carbocycles. The molecular weight excluding hydrogens is 310 g/mol. The Hall–Kier alpha value is -1.43. The maximum absolute atomic E-state index is 6.08. The van der Waals surface area contributed by atoms with Crippen LogP contribution >= 0.6 is 35.2 Å². The first-order valence-electron chi connectivity index (χ1n) is 5.95. The van der Waals surface area contributed by atoms with E-state index in [1.54, 1.807) is 29.6 Å². The van der Waals surface area contributed by atoms with E-state index in [0.717, 1.165) is 16.1 Å². The van der Waals surface area contributed by atoms with E-state index in [2.05, 4.69) is 10.4 Å². The summed E-state index contributed by atoms with van der Waals surface area (Å²) in [6, 6.07) is 9.65. The van der Waals surface area contributed by atoms with Crippen LogP contribution in [0.2, 0.25) is 5.02 Å². The third-order valence-electron chi connectivity index (χ3n) is 2.70. The zero-order chi connectivity index (χ0) is 14.5. The molecule has 0 saturated carbocycles. The summed E-state index contributed by atoms with van der Waals surface area (Å²) in [5.41, 5.74) is 1.85. The van der Waals surface area contributed by atoms with Gasteiger partial charge in [-0.1, -0.05) is 23.7 Å². The van der Waals surface area contributed by atoms with E-state index < -0.39 is 0 Å². The maximum Gasteiger partial charge on any atom is 0.193 e. The Morgan fingerprint density at radius 1 is 1.40 bits per heavy atom. The van der Waals surface area contributed by atoms with Gasteiger partial charge in [0.1, 0.15) is 0 Å². The molecule has 1 aromatic heterocycles. The van der Waals surface area contributed by atoms with Gasteiger partial charge in [0.05, 0.1) is 6.21 Å². The van der Waals surface area contributed by atoms with Crippen LogP contribution in [0.5, 0.6) is 0 Å². The van der Waals surface area contributed by atoms with Gasteiger partial charge in [-0.25, -0.2) is 5.01 Å². The highest BCUT2D eigenvalue weighted by Gasteiger charge is 2.06. The summed E-state index contributed by atoms with van der Waals surface area (Å²) in [5.74, 6) is 0. The van der Waals surface area contributed by atoms with Gasteiger partial charge in [0, 0.05) is 22.6 Å². The molecule has 1 heterocycles. The molecule has 0 bridgehead atoms. The first kappa shape index (κ1) is 15.0. The number of hydrogen-bond acceptors (Lipinski definition) is 3. The van der Waals surface area contributed by atoms with Crippen LogP contribution in [0, 0.1) is 6.92 Å². The van der Waals surface area contributed by atoms with Gasteiger partial charge in [-0.3, -0.25) is 0 Å². The summed E-state index contributed by atoms with van der Waals surface area (Å²) in [4.78, 5) is 1.08. The standard InChI is InChI=1S/C14H14ClN3S2/c1-10-12(15)6-3-7-13(10)17-14(19)18(2)16-9-11-5-4-8-20-11/h3-9H,1-2H3,(H,17,19)/b16-9+. The monoisotopic (exact) mass is 323 g/mol. The van der Waals surface area contributed by atoms with Crippen LogP contribution in [-0.4, -0.2) is 23.4 Å². The fourth-order valence-corrected chi connectivity index (χ4v) is 2.41. The van der Waals surface area contributed by atoms with Crippen LogP contribution in [0.3, 0.4) is 0 Å². The molecule has 0 atom stereocenters. The molecule has 3 nitrogen and oxygen atoms in total. The Morgan fingerprint density at radius 3 is 2.90 bits per heavy atom. The van der Waals surface area contributed by atoms with Crippen molar-refractivity contribution in [2.75, 3.05) is 12.4 Å². The van der Waals surface area contributed by atoms with Crippen molar-refractivity contribution in [3.05, 3.63) is 51.2 Å². The molecular formula is C14H14ClN3S2. The highest BCUT2D eigenvalue weighted by atomic mass is 35.5. The average Bonchev–Trinajstić information content (AvgIpc) is 2.94. The topological polar surface area (TPSA) is 27.6 Å². The predicted molar refractivity (Wildman–Crippen MR) is 92.1 cm³/mol. The van der Waals surface area contributed by atoms with Gasteiger partial charge in [-0.05, 0) is 48.3 Å². The van der Waals surface area contributed by atoms with Gasteiger partial charge in [0.25, 0.3) is 0 Å². The molecule has 0 radical (unpaired) electrons. The summed E-state index contributed by atoms with van der Waals surface area (Å²) >= 11 is 13.0. The van der Waals surface area contributed by atoms with Crippen molar-refractivity contribution in [3.63, 3.8) is 0 Å². The van der Waals surface area contributed by atoms with Crippen molar-refractivity contribution < 1.29 is 0 Å². The molecule has 0 aliphatic heterocycles. The molecule has 104 valence electrons. The number of halogens is 1. The second kappa shape index (κ2) is 6.83. The minimum Gasteiger partial charge on any atom is -0.331 e. The number of hydrazone groups is 1. The van der Waals surface area contributed by atoms with Crippen LogP contribution in [-0.2, 0) is 0 Å². The highest BCUT2D eigenvalue weighted by molar-refractivity contribution is 7.80. The largest absolute Gasteiger partial charge is 0.331 e. The molecule has 0 fully saturated rings. The zero-order valence-corrected chi connectivity index (χ0v) is 13.5. The maximum atomic E-state index is 6.08. The van der Waals surface area contributed by atoms with Crippen LogP contribution in [0.25, 0.3) is 0 Å². The second-order valence-corrected chi connectivity index (χ2v) is 5.90. The van der Waals surface area contributed by atoms with E-state index in [9.17, 15) is 0 Å². The SMILES string of the molecule is Cc1c(Cl)cccc1NC(=S)N(C)/N=C/c1cccs1.